The predicted molar refractivity (Wildman–Crippen MR) is 77.9 cm³/mol. The maximum Gasteiger partial charge on any atom is 0.127 e. The Kier molecular flexibility index (Phi) is 8.59. The van der Waals surface area contributed by atoms with Gasteiger partial charge in [0, 0.05) is 6.04 Å². The van der Waals surface area contributed by atoms with E-state index in [1.165, 1.54) is 12.8 Å². The second kappa shape index (κ2) is 9.06. The van der Waals surface area contributed by atoms with Crippen molar-refractivity contribution in [2.24, 2.45) is 5.73 Å². The van der Waals surface area contributed by atoms with Crippen LogP contribution in [0, 0.1) is 0 Å². The van der Waals surface area contributed by atoms with E-state index in [2.05, 4.69) is 6.92 Å². The molecule has 4 heteroatoms. The summed E-state index contributed by atoms with van der Waals surface area (Å²) in [6, 6.07) is 5.75. The lowest BCUT2D eigenvalue weighted by Crippen LogP contribution is -2.13. The Hall–Kier alpha value is -0.930. The molecule has 0 aliphatic carbocycles. The number of benzene rings is 1. The highest BCUT2D eigenvalue weighted by Gasteiger charge is 2.16. The largest absolute Gasteiger partial charge is 0.496 e. The van der Waals surface area contributed by atoms with E-state index in [1.54, 1.807) is 14.2 Å². The fraction of sp³-hybridized carbons (Fsp3) is 0.571. The molecule has 18 heavy (non-hydrogen) atoms. The first-order valence-corrected chi connectivity index (χ1v) is 6.21. The lowest BCUT2D eigenvalue weighted by Gasteiger charge is -2.18. The Balaban J connectivity index is 0.00000289. The third kappa shape index (κ3) is 4.39. The zero-order valence-electron chi connectivity index (χ0n) is 11.4. The first-order valence-electron chi connectivity index (χ1n) is 6.21. The number of ether oxygens (including phenoxy) is 2. The van der Waals surface area contributed by atoms with Crippen molar-refractivity contribution in [3.8, 4) is 11.5 Å². The Labute approximate surface area is 116 Å². The molecule has 0 radical (unpaired) electrons. The number of unbranched alkanes of at least 4 members (excludes halogenated alkanes) is 2. The number of halogens is 1. The molecule has 1 aromatic carbocycles. The van der Waals surface area contributed by atoms with Crippen LogP contribution in [0.2, 0.25) is 0 Å². The minimum Gasteiger partial charge on any atom is -0.496 e. The van der Waals surface area contributed by atoms with Crippen LogP contribution in [-0.2, 0) is 0 Å². The van der Waals surface area contributed by atoms with Gasteiger partial charge < -0.3 is 15.2 Å². The zero-order chi connectivity index (χ0) is 12.7. The summed E-state index contributed by atoms with van der Waals surface area (Å²) < 4.78 is 10.7. The number of nitrogens with two attached hydrogens (primary N) is 1. The molecule has 0 aliphatic heterocycles. The highest BCUT2D eigenvalue weighted by molar-refractivity contribution is 5.85. The molecule has 0 bridgehead atoms. The highest BCUT2D eigenvalue weighted by atomic mass is 35.5. The van der Waals surface area contributed by atoms with Crippen molar-refractivity contribution in [3.63, 3.8) is 0 Å². The van der Waals surface area contributed by atoms with Crippen LogP contribution in [0.4, 0.5) is 0 Å². The van der Waals surface area contributed by atoms with Gasteiger partial charge in [-0.15, -0.1) is 12.4 Å². The van der Waals surface area contributed by atoms with Crippen molar-refractivity contribution < 1.29 is 9.47 Å². The minimum atomic E-state index is -0.0207. The lowest BCUT2D eigenvalue weighted by atomic mass is 9.99. The Morgan fingerprint density at radius 1 is 1.11 bits per heavy atom. The van der Waals surface area contributed by atoms with Crippen LogP contribution in [0.1, 0.15) is 44.2 Å². The summed E-state index contributed by atoms with van der Waals surface area (Å²) in [5, 5.41) is 0. The molecule has 0 saturated heterocycles. The molecular formula is C14H24ClNO2. The smallest absolute Gasteiger partial charge is 0.127 e. The Bertz CT molecular complexity index is 322. The number of rotatable bonds is 7. The molecule has 0 aromatic heterocycles. The first kappa shape index (κ1) is 17.1. The fourth-order valence-corrected chi connectivity index (χ4v) is 2.00. The summed E-state index contributed by atoms with van der Waals surface area (Å²) in [5.74, 6) is 1.63. The molecule has 0 unspecified atom stereocenters. The van der Waals surface area contributed by atoms with Crippen LogP contribution >= 0.6 is 12.4 Å². The van der Waals surface area contributed by atoms with E-state index in [1.807, 2.05) is 18.2 Å². The molecule has 2 N–H and O–H groups in total. The molecule has 1 rings (SSSR count). The Morgan fingerprint density at radius 3 is 2.11 bits per heavy atom. The monoisotopic (exact) mass is 273 g/mol. The summed E-state index contributed by atoms with van der Waals surface area (Å²) in [6.07, 6.45) is 4.52. The summed E-state index contributed by atoms with van der Waals surface area (Å²) >= 11 is 0. The average molecular weight is 274 g/mol. The number of hydrogen-bond acceptors (Lipinski definition) is 3. The van der Waals surface area contributed by atoms with E-state index >= 15 is 0 Å². The standard InChI is InChI=1S/C14H23NO2.ClH/c1-4-5-6-8-11(15)14-12(16-2)9-7-10-13(14)17-3;/h7,9-11H,4-6,8,15H2,1-3H3;1H/t11-;/m1./s1. The van der Waals surface area contributed by atoms with E-state index in [0.29, 0.717) is 0 Å². The second-order valence-corrected chi connectivity index (χ2v) is 4.18. The van der Waals surface area contributed by atoms with Crippen molar-refractivity contribution >= 4 is 12.4 Å². The third-order valence-corrected chi connectivity index (χ3v) is 2.96. The van der Waals surface area contributed by atoms with Gasteiger partial charge in [-0.2, -0.15) is 0 Å². The number of hydrogen-bond donors (Lipinski definition) is 1. The lowest BCUT2D eigenvalue weighted by molar-refractivity contribution is 0.376. The molecule has 0 amide bonds. The molecule has 0 aliphatic rings. The van der Waals surface area contributed by atoms with Gasteiger partial charge in [0.2, 0.25) is 0 Å². The minimum absolute atomic E-state index is 0. The van der Waals surface area contributed by atoms with Gasteiger partial charge in [0.1, 0.15) is 11.5 Å². The molecule has 1 atom stereocenters. The number of methoxy groups -OCH3 is 2. The molecule has 104 valence electrons. The quantitative estimate of drug-likeness (QED) is 0.771. The predicted octanol–water partition coefficient (Wildman–Crippen LogP) is 3.71. The summed E-state index contributed by atoms with van der Waals surface area (Å²) in [7, 11) is 3.33. The van der Waals surface area contributed by atoms with Crippen LogP contribution in [0.3, 0.4) is 0 Å². The van der Waals surface area contributed by atoms with E-state index in [0.717, 1.165) is 29.9 Å². The normalized spacial score (nSPS) is 11.6. The molecule has 1 aromatic rings. The van der Waals surface area contributed by atoms with Gasteiger partial charge in [0.05, 0.1) is 19.8 Å². The van der Waals surface area contributed by atoms with Crippen molar-refractivity contribution in [1.29, 1.82) is 0 Å². The maximum atomic E-state index is 6.23. The molecule has 0 saturated carbocycles. The zero-order valence-corrected chi connectivity index (χ0v) is 12.3. The van der Waals surface area contributed by atoms with Gasteiger partial charge in [-0.25, -0.2) is 0 Å². The first-order chi connectivity index (χ1) is 8.24. The van der Waals surface area contributed by atoms with E-state index in [-0.39, 0.29) is 18.4 Å². The molecule has 0 spiro atoms. The highest BCUT2D eigenvalue weighted by Crippen LogP contribution is 2.34. The van der Waals surface area contributed by atoms with Crippen LogP contribution in [0.25, 0.3) is 0 Å². The maximum absolute atomic E-state index is 6.23. The Morgan fingerprint density at radius 2 is 1.67 bits per heavy atom. The van der Waals surface area contributed by atoms with Gasteiger partial charge in [-0.3, -0.25) is 0 Å². The van der Waals surface area contributed by atoms with Gasteiger partial charge in [-0.05, 0) is 18.6 Å². The van der Waals surface area contributed by atoms with E-state index in [9.17, 15) is 0 Å². The average Bonchev–Trinajstić information content (AvgIpc) is 2.37. The van der Waals surface area contributed by atoms with Gasteiger partial charge in [0.15, 0.2) is 0 Å². The topological polar surface area (TPSA) is 44.5 Å². The summed E-state index contributed by atoms with van der Waals surface area (Å²) in [4.78, 5) is 0. The van der Waals surface area contributed by atoms with E-state index in [4.69, 9.17) is 15.2 Å². The van der Waals surface area contributed by atoms with Crippen molar-refractivity contribution in [3.05, 3.63) is 23.8 Å². The molecule has 0 fully saturated rings. The van der Waals surface area contributed by atoms with Gasteiger partial charge in [0.25, 0.3) is 0 Å². The van der Waals surface area contributed by atoms with Crippen molar-refractivity contribution in [2.75, 3.05) is 14.2 Å². The van der Waals surface area contributed by atoms with Crippen molar-refractivity contribution in [1.82, 2.24) is 0 Å². The SMILES string of the molecule is CCCCC[C@@H](N)c1c(OC)cccc1OC.Cl. The molecular weight excluding hydrogens is 250 g/mol. The van der Waals surface area contributed by atoms with E-state index < -0.39 is 0 Å². The van der Waals surface area contributed by atoms with Crippen LogP contribution in [0.5, 0.6) is 11.5 Å². The third-order valence-electron chi connectivity index (χ3n) is 2.96. The van der Waals surface area contributed by atoms with Gasteiger partial charge in [-0.1, -0.05) is 32.3 Å². The summed E-state index contributed by atoms with van der Waals surface area (Å²) in [5.41, 5.74) is 7.21. The molecule has 0 heterocycles. The van der Waals surface area contributed by atoms with Gasteiger partial charge >= 0.3 is 0 Å². The van der Waals surface area contributed by atoms with Crippen molar-refractivity contribution in [2.45, 2.75) is 38.6 Å². The fourth-order valence-electron chi connectivity index (χ4n) is 2.00. The molecule has 3 nitrogen and oxygen atoms in total. The van der Waals surface area contributed by atoms with Crippen LogP contribution in [-0.4, -0.2) is 14.2 Å². The van der Waals surface area contributed by atoms with Crippen LogP contribution < -0.4 is 15.2 Å². The summed E-state index contributed by atoms with van der Waals surface area (Å²) in [6.45, 7) is 2.19. The van der Waals surface area contributed by atoms with Crippen LogP contribution in [0.15, 0.2) is 18.2 Å². The second-order valence-electron chi connectivity index (χ2n) is 4.18.